The Balaban J connectivity index is 1.95. The quantitative estimate of drug-likeness (QED) is 0.485. The van der Waals surface area contributed by atoms with Gasteiger partial charge in [-0.2, -0.15) is 5.10 Å². The lowest BCUT2D eigenvalue weighted by atomic mass is 9.75. The number of thiocarbonyl (C=S) groups is 1. The monoisotopic (exact) mass is 448 g/mol. The summed E-state index contributed by atoms with van der Waals surface area (Å²) in [5.74, 6) is 0.764. The Hall–Kier alpha value is -2.19. The van der Waals surface area contributed by atoms with Gasteiger partial charge in [-0.3, -0.25) is 10.2 Å². The van der Waals surface area contributed by atoms with E-state index in [2.05, 4.69) is 45.6 Å². The second-order valence-corrected chi connectivity index (χ2v) is 8.72. The van der Waals surface area contributed by atoms with Gasteiger partial charge in [0.1, 0.15) is 5.76 Å². The third kappa shape index (κ3) is 4.39. The fourth-order valence-corrected chi connectivity index (χ4v) is 3.58. The highest BCUT2D eigenvalue weighted by Gasteiger charge is 2.36. The first-order chi connectivity index (χ1) is 12.7. The van der Waals surface area contributed by atoms with E-state index in [1.165, 1.54) is 0 Å². The highest BCUT2D eigenvalue weighted by molar-refractivity contribution is 9.10. The van der Waals surface area contributed by atoms with E-state index in [0.717, 1.165) is 39.9 Å². The van der Waals surface area contributed by atoms with Crippen molar-refractivity contribution >= 4 is 50.6 Å². The van der Waals surface area contributed by atoms with Crippen LogP contribution < -0.4 is 16.5 Å². The molecule has 1 aromatic heterocycles. The van der Waals surface area contributed by atoms with Gasteiger partial charge >= 0.3 is 0 Å². The van der Waals surface area contributed by atoms with Crippen LogP contribution in [0.4, 0.5) is 5.69 Å². The summed E-state index contributed by atoms with van der Waals surface area (Å²) in [4.78, 5) is 12.8. The summed E-state index contributed by atoms with van der Waals surface area (Å²) in [6, 6.07) is 7.37. The smallest absolute Gasteiger partial charge is 0.291 e. The summed E-state index contributed by atoms with van der Waals surface area (Å²) in [5.41, 5.74) is 11.2. The van der Waals surface area contributed by atoms with E-state index in [1.807, 2.05) is 31.2 Å². The lowest BCUT2D eigenvalue weighted by molar-refractivity contribution is 0.0993. The average molecular weight is 449 g/mol. The van der Waals surface area contributed by atoms with Gasteiger partial charge in [-0.15, -0.1) is 0 Å². The summed E-state index contributed by atoms with van der Waals surface area (Å²) in [5, 5.41) is 7.32. The zero-order chi connectivity index (χ0) is 19.8. The van der Waals surface area contributed by atoms with Crippen molar-refractivity contribution in [3.63, 3.8) is 0 Å². The Kier molecular flexibility index (Phi) is 5.39. The van der Waals surface area contributed by atoms with Gasteiger partial charge in [-0.1, -0.05) is 29.8 Å². The molecule has 142 valence electrons. The number of fused-ring (bicyclic) bond motifs is 1. The number of nitrogens with two attached hydrogens (primary N) is 1. The molecule has 1 aliphatic rings. The van der Waals surface area contributed by atoms with Gasteiger partial charge in [0.15, 0.2) is 10.9 Å². The third-order valence-electron chi connectivity index (χ3n) is 4.40. The van der Waals surface area contributed by atoms with E-state index < -0.39 is 0 Å². The molecule has 3 rings (SSSR count). The van der Waals surface area contributed by atoms with E-state index in [4.69, 9.17) is 22.4 Å². The maximum atomic E-state index is 12.8. The second kappa shape index (κ2) is 7.44. The van der Waals surface area contributed by atoms with Crippen LogP contribution in [0.15, 0.2) is 38.3 Å². The molecule has 0 radical (unpaired) electrons. The molecule has 0 bridgehead atoms. The molecule has 0 atom stereocenters. The van der Waals surface area contributed by atoms with Crippen LogP contribution in [0.25, 0.3) is 0 Å². The van der Waals surface area contributed by atoms with Crippen LogP contribution in [0, 0.1) is 12.3 Å². The van der Waals surface area contributed by atoms with E-state index >= 15 is 0 Å². The number of hydrogen-bond acceptors (Lipinski definition) is 4. The fraction of sp³-hybridized carbons (Fsp3) is 0.316. The summed E-state index contributed by atoms with van der Waals surface area (Å²) in [7, 11) is 0. The first-order valence-electron chi connectivity index (χ1n) is 8.48. The summed E-state index contributed by atoms with van der Waals surface area (Å²) in [6.07, 6.45) is 1.45. The average Bonchev–Trinajstić information content (AvgIpc) is 2.90. The molecule has 0 spiro atoms. The van der Waals surface area contributed by atoms with E-state index in [-0.39, 0.29) is 16.4 Å². The van der Waals surface area contributed by atoms with Crippen molar-refractivity contribution in [3.8, 4) is 0 Å². The van der Waals surface area contributed by atoms with Gasteiger partial charge in [0.05, 0.1) is 5.71 Å². The van der Waals surface area contributed by atoms with Crippen molar-refractivity contribution in [2.75, 3.05) is 5.32 Å². The molecule has 1 aromatic carbocycles. The number of hydrogen-bond donors (Lipinski definition) is 3. The van der Waals surface area contributed by atoms with Gasteiger partial charge in [0.25, 0.3) is 5.91 Å². The fourth-order valence-electron chi connectivity index (χ4n) is 3.27. The summed E-state index contributed by atoms with van der Waals surface area (Å²) >= 11 is 8.23. The Labute approximate surface area is 171 Å². The number of anilines is 1. The zero-order valence-electron chi connectivity index (χ0n) is 15.4. The maximum Gasteiger partial charge on any atom is 0.291 e. The molecule has 1 aliphatic carbocycles. The van der Waals surface area contributed by atoms with Gasteiger partial charge < -0.3 is 15.5 Å². The van der Waals surface area contributed by atoms with Crippen LogP contribution in [-0.2, 0) is 6.42 Å². The van der Waals surface area contributed by atoms with E-state index in [1.54, 1.807) is 0 Å². The Morgan fingerprint density at radius 3 is 2.59 bits per heavy atom. The molecule has 27 heavy (non-hydrogen) atoms. The standard InChI is InChI=1S/C19H21BrN4O2S/c1-10-15-13(23-24-18(21)27)8-19(2,3)9-14(15)26-16(10)17(25)22-12-6-4-11(20)5-7-12/h4-7H,8-9H2,1-3H3,(H,22,25)(H3,21,24,27)/b23-13-. The summed E-state index contributed by atoms with van der Waals surface area (Å²) < 4.78 is 6.92. The largest absolute Gasteiger partial charge is 0.455 e. The first kappa shape index (κ1) is 19.6. The van der Waals surface area contributed by atoms with Crippen molar-refractivity contribution in [3.05, 3.63) is 51.4 Å². The molecule has 2 aromatic rings. The lowest BCUT2D eigenvalue weighted by Gasteiger charge is -2.29. The number of carbonyl (C=O) groups is 1. The Morgan fingerprint density at radius 2 is 1.96 bits per heavy atom. The van der Waals surface area contributed by atoms with Crippen LogP contribution in [0.5, 0.6) is 0 Å². The normalized spacial score (nSPS) is 16.7. The lowest BCUT2D eigenvalue weighted by Crippen LogP contribution is -2.31. The number of nitrogens with zero attached hydrogens (tertiary/aromatic N) is 1. The number of carbonyl (C=O) groups excluding carboxylic acids is 1. The van der Waals surface area contributed by atoms with Crippen molar-refractivity contribution in [1.82, 2.24) is 5.43 Å². The highest BCUT2D eigenvalue weighted by Crippen LogP contribution is 2.39. The maximum absolute atomic E-state index is 12.8. The molecule has 0 fully saturated rings. The van der Waals surface area contributed by atoms with Crippen LogP contribution in [0.3, 0.4) is 0 Å². The number of hydrazone groups is 1. The molecule has 0 unspecified atom stereocenters. The number of furan rings is 1. The van der Waals surface area contributed by atoms with E-state index in [0.29, 0.717) is 11.4 Å². The molecule has 6 nitrogen and oxygen atoms in total. The van der Waals surface area contributed by atoms with Crippen LogP contribution in [0.1, 0.15) is 47.7 Å². The molecule has 8 heteroatoms. The van der Waals surface area contributed by atoms with Crippen molar-refractivity contribution in [1.29, 1.82) is 0 Å². The molecular formula is C19H21BrN4O2S. The Morgan fingerprint density at radius 1 is 1.30 bits per heavy atom. The minimum atomic E-state index is -0.288. The molecule has 1 heterocycles. The summed E-state index contributed by atoms with van der Waals surface area (Å²) in [6.45, 7) is 6.13. The zero-order valence-corrected chi connectivity index (χ0v) is 17.8. The van der Waals surface area contributed by atoms with Gasteiger partial charge in [-0.05, 0) is 55.2 Å². The number of benzene rings is 1. The van der Waals surface area contributed by atoms with Crippen LogP contribution in [0.2, 0.25) is 0 Å². The molecule has 1 amide bonds. The van der Waals surface area contributed by atoms with Crippen molar-refractivity contribution in [2.45, 2.75) is 33.6 Å². The minimum absolute atomic E-state index is 0.0481. The van der Waals surface area contributed by atoms with Crippen LogP contribution >= 0.6 is 28.1 Å². The second-order valence-electron chi connectivity index (χ2n) is 7.37. The number of halogens is 1. The predicted molar refractivity (Wildman–Crippen MR) is 114 cm³/mol. The molecule has 0 saturated carbocycles. The van der Waals surface area contributed by atoms with Crippen LogP contribution in [-0.4, -0.2) is 16.7 Å². The first-order valence-corrected chi connectivity index (χ1v) is 9.68. The Bertz CT molecular complexity index is 932. The topological polar surface area (TPSA) is 92.6 Å². The van der Waals surface area contributed by atoms with Gasteiger partial charge in [0.2, 0.25) is 0 Å². The number of amides is 1. The minimum Gasteiger partial charge on any atom is -0.455 e. The SMILES string of the molecule is Cc1c(C(=O)Nc2ccc(Br)cc2)oc2c1/C(=N\NC(N)=S)CC(C)(C)C2. The van der Waals surface area contributed by atoms with Crippen molar-refractivity contribution < 1.29 is 9.21 Å². The van der Waals surface area contributed by atoms with Gasteiger partial charge in [-0.25, -0.2) is 0 Å². The molecular weight excluding hydrogens is 428 g/mol. The molecule has 4 N–H and O–H groups in total. The third-order valence-corrected chi connectivity index (χ3v) is 5.02. The highest BCUT2D eigenvalue weighted by atomic mass is 79.9. The number of nitrogens with one attached hydrogen (secondary N) is 2. The van der Waals surface area contributed by atoms with E-state index in [9.17, 15) is 4.79 Å². The molecule has 0 aliphatic heterocycles. The number of rotatable bonds is 3. The molecule has 0 saturated heterocycles. The predicted octanol–water partition coefficient (Wildman–Crippen LogP) is 4.11. The van der Waals surface area contributed by atoms with Crippen molar-refractivity contribution in [2.24, 2.45) is 16.3 Å². The van der Waals surface area contributed by atoms with Gasteiger partial charge in [0, 0.05) is 27.7 Å².